The van der Waals surface area contributed by atoms with E-state index in [4.69, 9.17) is 11.6 Å². The molecule has 0 aliphatic heterocycles. The molecule has 0 saturated heterocycles. The van der Waals surface area contributed by atoms with Gasteiger partial charge in [-0.2, -0.15) is 4.31 Å². The number of hydrogen-bond acceptors (Lipinski definition) is 4. The van der Waals surface area contributed by atoms with Crippen LogP contribution in [-0.4, -0.2) is 55.1 Å². The quantitative estimate of drug-likeness (QED) is 0.598. The summed E-state index contributed by atoms with van der Waals surface area (Å²) in [5.74, 6) is -0.811. The predicted molar refractivity (Wildman–Crippen MR) is 126 cm³/mol. The lowest BCUT2D eigenvalue weighted by molar-refractivity contribution is -0.140. The number of nitrogens with one attached hydrogen (secondary N) is 1. The van der Waals surface area contributed by atoms with E-state index in [1.165, 1.54) is 24.1 Å². The molecule has 2 amide bonds. The molecular weight excluding hydrogens is 450 g/mol. The average Bonchev–Trinajstić information content (AvgIpc) is 2.71. The van der Waals surface area contributed by atoms with Gasteiger partial charge in [0.15, 0.2) is 0 Å². The summed E-state index contributed by atoms with van der Waals surface area (Å²) in [6.07, 6.45) is 0. The molecule has 174 valence electrons. The number of likely N-dealkylation sites (N-methyl/N-ethyl adjacent to an activating group) is 1. The van der Waals surface area contributed by atoms with Crippen molar-refractivity contribution >= 4 is 33.4 Å². The third-order valence-electron chi connectivity index (χ3n) is 4.93. The minimum Gasteiger partial charge on any atom is -0.352 e. The van der Waals surface area contributed by atoms with E-state index in [1.807, 2.05) is 20.8 Å². The van der Waals surface area contributed by atoms with Crippen LogP contribution in [0.4, 0.5) is 0 Å². The molecule has 0 aliphatic rings. The Balaban J connectivity index is 2.27. The van der Waals surface area contributed by atoms with Crippen LogP contribution in [0.3, 0.4) is 0 Å². The maximum atomic E-state index is 13.2. The van der Waals surface area contributed by atoms with Crippen molar-refractivity contribution in [3.8, 4) is 0 Å². The van der Waals surface area contributed by atoms with Crippen LogP contribution in [0.2, 0.25) is 5.02 Å². The van der Waals surface area contributed by atoms with E-state index in [1.54, 1.807) is 43.3 Å². The molecule has 9 heteroatoms. The molecule has 2 rings (SSSR count). The highest BCUT2D eigenvalue weighted by molar-refractivity contribution is 7.89. The second kappa shape index (κ2) is 10.9. The second-order valence-electron chi connectivity index (χ2n) is 8.06. The zero-order chi connectivity index (χ0) is 24.1. The zero-order valence-corrected chi connectivity index (χ0v) is 20.6. The van der Waals surface area contributed by atoms with E-state index >= 15 is 0 Å². The lowest BCUT2D eigenvalue weighted by atomic mass is 10.1. The van der Waals surface area contributed by atoms with E-state index in [9.17, 15) is 18.0 Å². The molecule has 2 aromatic carbocycles. The number of aryl methyl sites for hydroxylation is 1. The monoisotopic (exact) mass is 479 g/mol. The van der Waals surface area contributed by atoms with Gasteiger partial charge in [-0.15, -0.1) is 0 Å². The summed E-state index contributed by atoms with van der Waals surface area (Å²) in [6, 6.07) is 12.5. The minimum absolute atomic E-state index is 0.0994. The summed E-state index contributed by atoms with van der Waals surface area (Å²) >= 11 is 6.07. The fraction of sp³-hybridized carbons (Fsp3) is 0.391. The van der Waals surface area contributed by atoms with E-state index in [2.05, 4.69) is 5.32 Å². The maximum Gasteiger partial charge on any atom is 0.243 e. The van der Waals surface area contributed by atoms with E-state index < -0.39 is 28.5 Å². The highest BCUT2D eigenvalue weighted by atomic mass is 35.5. The number of rotatable bonds is 9. The molecule has 0 unspecified atom stereocenters. The largest absolute Gasteiger partial charge is 0.352 e. The molecule has 0 aromatic heterocycles. The van der Waals surface area contributed by atoms with Crippen molar-refractivity contribution in [2.45, 2.75) is 51.2 Å². The summed E-state index contributed by atoms with van der Waals surface area (Å²) in [4.78, 5) is 27.3. The van der Waals surface area contributed by atoms with Crippen LogP contribution in [-0.2, 0) is 26.2 Å². The summed E-state index contributed by atoms with van der Waals surface area (Å²) in [5, 5.41) is 3.31. The summed E-state index contributed by atoms with van der Waals surface area (Å²) < 4.78 is 26.8. The van der Waals surface area contributed by atoms with Crippen LogP contribution in [0.1, 0.15) is 31.9 Å². The van der Waals surface area contributed by atoms with Crippen LogP contribution in [0, 0.1) is 6.92 Å². The average molecular weight is 480 g/mol. The molecule has 0 saturated carbocycles. The van der Waals surface area contributed by atoms with Crippen LogP contribution in [0.25, 0.3) is 0 Å². The van der Waals surface area contributed by atoms with Gasteiger partial charge in [0.25, 0.3) is 0 Å². The fourth-order valence-electron chi connectivity index (χ4n) is 3.08. The second-order valence-corrected chi connectivity index (χ2v) is 10.5. The van der Waals surface area contributed by atoms with Crippen LogP contribution < -0.4 is 5.32 Å². The standard InChI is InChI=1S/C23H30ClN3O4S/c1-16(2)25-23(29)18(4)27(14-19-7-6-8-20(24)13-19)22(28)15-26(5)32(30,31)21-11-9-17(3)10-12-21/h6-13,16,18H,14-15H2,1-5H3,(H,25,29)/t18-/m1/s1. The number of halogens is 1. The number of benzene rings is 2. The first-order valence-electron chi connectivity index (χ1n) is 10.3. The SMILES string of the molecule is Cc1ccc(S(=O)(=O)N(C)CC(=O)N(Cc2cccc(Cl)c2)[C@H](C)C(=O)NC(C)C)cc1. The topological polar surface area (TPSA) is 86.8 Å². The Labute approximate surface area is 195 Å². The fourth-order valence-corrected chi connectivity index (χ4v) is 4.41. The molecule has 0 heterocycles. The number of carbonyl (C=O) groups is 2. The van der Waals surface area contributed by atoms with Crippen molar-refractivity contribution in [1.82, 2.24) is 14.5 Å². The van der Waals surface area contributed by atoms with Crippen molar-refractivity contribution in [2.75, 3.05) is 13.6 Å². The van der Waals surface area contributed by atoms with Gasteiger partial charge >= 0.3 is 0 Å². The Morgan fingerprint density at radius 2 is 1.69 bits per heavy atom. The molecule has 0 aliphatic carbocycles. The molecule has 0 radical (unpaired) electrons. The number of sulfonamides is 1. The van der Waals surface area contributed by atoms with Crippen LogP contribution >= 0.6 is 11.6 Å². The molecule has 7 nitrogen and oxygen atoms in total. The summed E-state index contributed by atoms with van der Waals surface area (Å²) in [7, 11) is -2.51. The van der Waals surface area contributed by atoms with Crippen molar-refractivity contribution in [3.63, 3.8) is 0 Å². The summed E-state index contributed by atoms with van der Waals surface area (Å²) in [5.41, 5.74) is 1.67. The van der Waals surface area contributed by atoms with Gasteiger partial charge in [-0.3, -0.25) is 9.59 Å². The van der Waals surface area contributed by atoms with Gasteiger partial charge in [0.05, 0.1) is 11.4 Å². The Morgan fingerprint density at radius 1 is 1.06 bits per heavy atom. The normalized spacial score (nSPS) is 12.6. The van der Waals surface area contributed by atoms with Gasteiger partial charge in [-0.05, 0) is 57.5 Å². The van der Waals surface area contributed by atoms with E-state index in [0.29, 0.717) is 5.02 Å². The molecule has 1 atom stereocenters. The molecule has 1 N–H and O–H groups in total. The van der Waals surface area contributed by atoms with Crippen LogP contribution in [0.15, 0.2) is 53.4 Å². The van der Waals surface area contributed by atoms with Crippen molar-refractivity contribution in [3.05, 3.63) is 64.7 Å². The van der Waals surface area contributed by atoms with Gasteiger partial charge in [-0.25, -0.2) is 8.42 Å². The smallest absolute Gasteiger partial charge is 0.243 e. The van der Waals surface area contributed by atoms with Crippen molar-refractivity contribution < 1.29 is 18.0 Å². The number of nitrogens with zero attached hydrogens (tertiary/aromatic N) is 2. The van der Waals surface area contributed by atoms with Gasteiger partial charge in [0, 0.05) is 24.7 Å². The Kier molecular flexibility index (Phi) is 8.83. The maximum absolute atomic E-state index is 13.2. The third kappa shape index (κ3) is 6.79. The Bertz CT molecular complexity index is 1060. The van der Waals surface area contributed by atoms with Gasteiger partial charge < -0.3 is 10.2 Å². The molecule has 2 aromatic rings. The minimum atomic E-state index is -3.86. The highest BCUT2D eigenvalue weighted by Gasteiger charge is 2.30. The molecule has 0 bridgehead atoms. The first-order chi connectivity index (χ1) is 14.9. The number of carbonyl (C=O) groups excluding carboxylic acids is 2. The first kappa shape index (κ1) is 25.8. The lowest BCUT2D eigenvalue weighted by Gasteiger charge is -2.30. The van der Waals surface area contributed by atoms with Crippen molar-refractivity contribution in [1.29, 1.82) is 0 Å². The molecule has 32 heavy (non-hydrogen) atoms. The highest BCUT2D eigenvalue weighted by Crippen LogP contribution is 2.18. The Hall–Kier alpha value is -2.42. The van der Waals surface area contributed by atoms with Gasteiger partial charge in [-0.1, -0.05) is 41.4 Å². The van der Waals surface area contributed by atoms with E-state index in [0.717, 1.165) is 15.4 Å². The zero-order valence-electron chi connectivity index (χ0n) is 19.0. The predicted octanol–water partition coefficient (Wildman–Crippen LogP) is 3.21. The number of amides is 2. The molecule has 0 spiro atoms. The molecule has 0 fully saturated rings. The van der Waals surface area contributed by atoms with Gasteiger partial charge in [0.2, 0.25) is 21.8 Å². The lowest BCUT2D eigenvalue weighted by Crippen LogP contribution is -2.51. The third-order valence-corrected chi connectivity index (χ3v) is 6.98. The number of hydrogen-bond donors (Lipinski definition) is 1. The van der Waals surface area contributed by atoms with Crippen LogP contribution in [0.5, 0.6) is 0 Å². The summed E-state index contributed by atoms with van der Waals surface area (Å²) in [6.45, 7) is 6.85. The first-order valence-corrected chi connectivity index (χ1v) is 12.1. The Morgan fingerprint density at radius 3 is 2.25 bits per heavy atom. The molecular formula is C23H30ClN3O4S. The van der Waals surface area contributed by atoms with Gasteiger partial charge in [0.1, 0.15) is 6.04 Å². The van der Waals surface area contributed by atoms with E-state index in [-0.39, 0.29) is 23.4 Å². The van der Waals surface area contributed by atoms with Crippen molar-refractivity contribution in [2.24, 2.45) is 0 Å².